The van der Waals surface area contributed by atoms with Crippen LogP contribution in [0, 0.1) is 0 Å². The maximum atomic E-state index is 11.8. The predicted molar refractivity (Wildman–Crippen MR) is 60.7 cm³/mol. The molecule has 0 atom stereocenters. The van der Waals surface area contributed by atoms with Gasteiger partial charge in [-0.2, -0.15) is 0 Å². The van der Waals surface area contributed by atoms with Gasteiger partial charge in [0.15, 0.2) is 0 Å². The third-order valence-corrected chi connectivity index (χ3v) is 3.81. The van der Waals surface area contributed by atoms with Gasteiger partial charge in [-0.3, -0.25) is 4.79 Å². The summed E-state index contributed by atoms with van der Waals surface area (Å²) in [4.78, 5) is 16.4. The normalized spacial score (nSPS) is 25.9. The van der Waals surface area contributed by atoms with Crippen LogP contribution in [0.1, 0.15) is 39.0 Å². The summed E-state index contributed by atoms with van der Waals surface area (Å²) in [7, 11) is 0. The largest absolute Gasteiger partial charge is 0.340 e. The van der Waals surface area contributed by atoms with Gasteiger partial charge in [0.05, 0.1) is 0 Å². The molecule has 0 aromatic heterocycles. The molecule has 2 heterocycles. The van der Waals surface area contributed by atoms with Crippen LogP contribution in [-0.4, -0.2) is 47.9 Å². The van der Waals surface area contributed by atoms with Crippen LogP contribution in [0.15, 0.2) is 0 Å². The Balaban J connectivity index is 1.86. The Labute approximate surface area is 92.4 Å². The van der Waals surface area contributed by atoms with Crippen molar-refractivity contribution >= 4 is 5.91 Å². The van der Waals surface area contributed by atoms with Gasteiger partial charge in [0.25, 0.3) is 0 Å². The third-order valence-electron chi connectivity index (χ3n) is 3.81. The summed E-state index contributed by atoms with van der Waals surface area (Å²) in [5.41, 5.74) is 0. The van der Waals surface area contributed by atoms with E-state index in [1.165, 1.54) is 32.4 Å². The SMILES string of the molecule is CCN1CCC(N2CCCCC2=O)CC1. The lowest BCUT2D eigenvalue weighted by molar-refractivity contribution is -0.136. The highest BCUT2D eigenvalue weighted by atomic mass is 16.2. The lowest BCUT2D eigenvalue weighted by Crippen LogP contribution is -2.48. The molecular weight excluding hydrogens is 188 g/mol. The molecule has 0 bridgehead atoms. The van der Waals surface area contributed by atoms with E-state index in [9.17, 15) is 4.79 Å². The summed E-state index contributed by atoms with van der Waals surface area (Å²) in [6.45, 7) is 6.72. The van der Waals surface area contributed by atoms with Gasteiger partial charge in [0.1, 0.15) is 0 Å². The number of likely N-dealkylation sites (tertiary alicyclic amines) is 2. The van der Waals surface area contributed by atoms with Crippen LogP contribution >= 0.6 is 0 Å². The van der Waals surface area contributed by atoms with Crippen molar-refractivity contribution in [3.8, 4) is 0 Å². The van der Waals surface area contributed by atoms with E-state index in [4.69, 9.17) is 0 Å². The molecule has 15 heavy (non-hydrogen) atoms. The van der Waals surface area contributed by atoms with Crippen LogP contribution in [0.3, 0.4) is 0 Å². The quantitative estimate of drug-likeness (QED) is 0.689. The van der Waals surface area contributed by atoms with Gasteiger partial charge < -0.3 is 9.80 Å². The van der Waals surface area contributed by atoms with E-state index in [0.717, 1.165) is 25.9 Å². The number of rotatable bonds is 2. The van der Waals surface area contributed by atoms with Crippen molar-refractivity contribution in [3.63, 3.8) is 0 Å². The van der Waals surface area contributed by atoms with Crippen molar-refractivity contribution in [3.05, 3.63) is 0 Å². The monoisotopic (exact) mass is 210 g/mol. The van der Waals surface area contributed by atoms with Gasteiger partial charge in [0.2, 0.25) is 5.91 Å². The molecule has 1 amide bonds. The summed E-state index contributed by atoms with van der Waals surface area (Å²) in [6.07, 6.45) is 5.45. The fraction of sp³-hybridized carbons (Fsp3) is 0.917. The summed E-state index contributed by atoms with van der Waals surface area (Å²) in [5, 5.41) is 0. The molecule has 0 aromatic rings. The molecule has 2 aliphatic rings. The number of hydrogen-bond acceptors (Lipinski definition) is 2. The van der Waals surface area contributed by atoms with E-state index in [1.54, 1.807) is 0 Å². The maximum Gasteiger partial charge on any atom is 0.222 e. The van der Waals surface area contributed by atoms with Crippen LogP contribution in [0.4, 0.5) is 0 Å². The molecule has 3 heteroatoms. The van der Waals surface area contributed by atoms with Crippen molar-refractivity contribution in [1.29, 1.82) is 0 Å². The molecule has 2 aliphatic heterocycles. The number of piperidine rings is 2. The molecule has 2 fully saturated rings. The van der Waals surface area contributed by atoms with Crippen molar-refractivity contribution < 1.29 is 4.79 Å². The Morgan fingerprint density at radius 1 is 1.20 bits per heavy atom. The van der Waals surface area contributed by atoms with Crippen molar-refractivity contribution in [2.45, 2.75) is 45.1 Å². The van der Waals surface area contributed by atoms with E-state index in [-0.39, 0.29) is 0 Å². The molecule has 3 nitrogen and oxygen atoms in total. The molecule has 0 aromatic carbocycles. The minimum Gasteiger partial charge on any atom is -0.340 e. The number of carbonyl (C=O) groups excluding carboxylic acids is 1. The molecule has 2 saturated heterocycles. The smallest absolute Gasteiger partial charge is 0.222 e. The first-order chi connectivity index (χ1) is 7.31. The highest BCUT2D eigenvalue weighted by molar-refractivity contribution is 5.77. The van der Waals surface area contributed by atoms with E-state index < -0.39 is 0 Å². The Hall–Kier alpha value is -0.570. The first-order valence-corrected chi connectivity index (χ1v) is 6.33. The number of hydrogen-bond donors (Lipinski definition) is 0. The number of carbonyl (C=O) groups is 1. The average molecular weight is 210 g/mol. The minimum atomic E-state index is 0.399. The van der Waals surface area contributed by atoms with Crippen LogP contribution < -0.4 is 0 Å². The lowest BCUT2D eigenvalue weighted by atomic mass is 9.99. The Morgan fingerprint density at radius 3 is 2.53 bits per heavy atom. The second kappa shape index (κ2) is 4.97. The predicted octanol–water partition coefficient (Wildman–Crippen LogP) is 1.48. The van der Waals surface area contributed by atoms with Crippen molar-refractivity contribution in [2.75, 3.05) is 26.2 Å². The van der Waals surface area contributed by atoms with Crippen LogP contribution in [0.2, 0.25) is 0 Å². The van der Waals surface area contributed by atoms with Gasteiger partial charge >= 0.3 is 0 Å². The van der Waals surface area contributed by atoms with Gasteiger partial charge in [-0.1, -0.05) is 6.92 Å². The van der Waals surface area contributed by atoms with Crippen molar-refractivity contribution in [2.24, 2.45) is 0 Å². The fourth-order valence-electron chi connectivity index (χ4n) is 2.76. The van der Waals surface area contributed by atoms with Gasteiger partial charge in [-0.25, -0.2) is 0 Å². The fourth-order valence-corrected chi connectivity index (χ4v) is 2.76. The third kappa shape index (κ3) is 2.51. The topological polar surface area (TPSA) is 23.6 Å². The summed E-state index contributed by atoms with van der Waals surface area (Å²) in [6, 6.07) is 0.542. The Kier molecular flexibility index (Phi) is 3.62. The molecule has 86 valence electrons. The van der Waals surface area contributed by atoms with Crippen LogP contribution in [-0.2, 0) is 4.79 Å². The van der Waals surface area contributed by atoms with Crippen LogP contribution in [0.5, 0.6) is 0 Å². The molecule has 0 aliphatic carbocycles. The molecule has 0 spiro atoms. The number of nitrogens with zero attached hydrogens (tertiary/aromatic N) is 2. The van der Waals surface area contributed by atoms with Crippen molar-refractivity contribution in [1.82, 2.24) is 9.80 Å². The first-order valence-electron chi connectivity index (χ1n) is 6.33. The van der Waals surface area contributed by atoms with Gasteiger partial charge in [0, 0.05) is 32.1 Å². The van der Waals surface area contributed by atoms with E-state index in [0.29, 0.717) is 11.9 Å². The average Bonchev–Trinajstić information content (AvgIpc) is 2.30. The summed E-state index contributed by atoms with van der Waals surface area (Å²) in [5.74, 6) is 0.399. The molecule has 0 N–H and O–H groups in total. The maximum absolute atomic E-state index is 11.8. The molecule has 0 unspecified atom stereocenters. The highest BCUT2D eigenvalue weighted by Crippen LogP contribution is 2.21. The second-order valence-electron chi connectivity index (χ2n) is 4.71. The summed E-state index contributed by atoms with van der Waals surface area (Å²) >= 11 is 0. The van der Waals surface area contributed by atoms with Gasteiger partial charge in [-0.05, 0) is 32.2 Å². The van der Waals surface area contributed by atoms with E-state index in [2.05, 4.69) is 16.7 Å². The molecule has 2 rings (SSSR count). The minimum absolute atomic E-state index is 0.399. The lowest BCUT2D eigenvalue weighted by Gasteiger charge is -2.40. The van der Waals surface area contributed by atoms with Crippen LogP contribution in [0.25, 0.3) is 0 Å². The second-order valence-corrected chi connectivity index (χ2v) is 4.71. The molecular formula is C12H22N2O. The first kappa shape index (κ1) is 10.9. The van der Waals surface area contributed by atoms with Gasteiger partial charge in [-0.15, -0.1) is 0 Å². The summed E-state index contributed by atoms with van der Waals surface area (Å²) < 4.78 is 0. The highest BCUT2D eigenvalue weighted by Gasteiger charge is 2.28. The molecule has 0 saturated carbocycles. The standard InChI is InChI=1S/C12H22N2O/c1-2-13-9-6-11(7-10-13)14-8-4-3-5-12(14)15/h11H,2-10H2,1H3. The zero-order chi connectivity index (χ0) is 10.7. The zero-order valence-electron chi connectivity index (χ0n) is 9.74. The number of amides is 1. The van der Waals surface area contributed by atoms with E-state index in [1.807, 2.05) is 0 Å². The van der Waals surface area contributed by atoms with E-state index >= 15 is 0 Å². The Bertz CT molecular complexity index is 222. The molecule has 0 radical (unpaired) electrons. The Morgan fingerprint density at radius 2 is 1.93 bits per heavy atom. The zero-order valence-corrected chi connectivity index (χ0v) is 9.74.